The molecule has 21 heavy (non-hydrogen) atoms. The Bertz CT molecular complexity index is 664. The molecule has 2 aromatic carbocycles. The molecule has 0 radical (unpaired) electrons. The Morgan fingerprint density at radius 1 is 0.952 bits per heavy atom. The van der Waals surface area contributed by atoms with Crippen LogP contribution in [0.5, 0.6) is 11.5 Å². The molecule has 0 aliphatic heterocycles. The number of halogens is 3. The molecule has 2 rings (SSSR count). The highest BCUT2D eigenvalue weighted by Crippen LogP contribution is 2.38. The third-order valence-corrected chi connectivity index (χ3v) is 4.44. The van der Waals surface area contributed by atoms with Crippen LogP contribution in [0.25, 0.3) is 0 Å². The molecule has 6 heteroatoms. The number of nitrogens with two attached hydrogens (primary N) is 1. The van der Waals surface area contributed by atoms with Gasteiger partial charge in [-0.05, 0) is 45.8 Å². The first-order valence-electron chi connectivity index (χ1n) is 6.10. The van der Waals surface area contributed by atoms with E-state index in [1.807, 2.05) is 6.07 Å². The summed E-state index contributed by atoms with van der Waals surface area (Å²) in [6.07, 6.45) is 0. The van der Waals surface area contributed by atoms with E-state index in [2.05, 4.69) is 31.9 Å². The van der Waals surface area contributed by atoms with Gasteiger partial charge in [-0.15, -0.1) is 0 Å². The van der Waals surface area contributed by atoms with Crippen molar-refractivity contribution in [2.45, 2.75) is 6.04 Å². The number of hydrogen-bond donors (Lipinski definition) is 1. The zero-order valence-electron chi connectivity index (χ0n) is 11.5. The van der Waals surface area contributed by atoms with Crippen LogP contribution in [0, 0.1) is 5.82 Å². The second-order valence-electron chi connectivity index (χ2n) is 4.37. The summed E-state index contributed by atoms with van der Waals surface area (Å²) in [6, 6.07) is 7.55. The quantitative estimate of drug-likeness (QED) is 0.799. The lowest BCUT2D eigenvalue weighted by molar-refractivity contribution is 0.395. The van der Waals surface area contributed by atoms with Gasteiger partial charge in [0.1, 0.15) is 17.3 Å². The van der Waals surface area contributed by atoms with Crippen molar-refractivity contribution in [2.24, 2.45) is 5.73 Å². The molecule has 0 aliphatic rings. The second kappa shape index (κ2) is 6.77. The molecular weight excluding hydrogens is 405 g/mol. The van der Waals surface area contributed by atoms with E-state index in [4.69, 9.17) is 15.2 Å². The Morgan fingerprint density at radius 2 is 1.62 bits per heavy atom. The van der Waals surface area contributed by atoms with Crippen molar-refractivity contribution >= 4 is 31.9 Å². The molecule has 0 heterocycles. The van der Waals surface area contributed by atoms with Gasteiger partial charge in [0.2, 0.25) is 0 Å². The van der Waals surface area contributed by atoms with Gasteiger partial charge in [0.15, 0.2) is 0 Å². The summed E-state index contributed by atoms with van der Waals surface area (Å²) >= 11 is 6.75. The first-order valence-corrected chi connectivity index (χ1v) is 7.68. The molecule has 0 aromatic heterocycles. The molecule has 2 aromatic rings. The Labute approximate surface area is 139 Å². The van der Waals surface area contributed by atoms with Crippen molar-refractivity contribution < 1.29 is 13.9 Å². The third-order valence-electron chi connectivity index (χ3n) is 3.14. The molecule has 2 N–H and O–H groups in total. The molecule has 0 amide bonds. The highest BCUT2D eigenvalue weighted by Gasteiger charge is 2.19. The van der Waals surface area contributed by atoms with Crippen LogP contribution in [-0.4, -0.2) is 14.2 Å². The van der Waals surface area contributed by atoms with Crippen LogP contribution in [0.4, 0.5) is 4.39 Å². The van der Waals surface area contributed by atoms with Crippen molar-refractivity contribution in [1.29, 1.82) is 0 Å². The topological polar surface area (TPSA) is 44.5 Å². The number of methoxy groups -OCH3 is 2. The second-order valence-corrected chi connectivity index (χ2v) is 6.08. The summed E-state index contributed by atoms with van der Waals surface area (Å²) in [5.74, 6) is 0.962. The van der Waals surface area contributed by atoms with Crippen LogP contribution in [0.2, 0.25) is 0 Å². The van der Waals surface area contributed by atoms with Crippen LogP contribution < -0.4 is 15.2 Å². The first-order chi connectivity index (χ1) is 9.97. The maximum absolute atomic E-state index is 13.2. The summed E-state index contributed by atoms with van der Waals surface area (Å²) < 4.78 is 25.3. The van der Waals surface area contributed by atoms with Crippen molar-refractivity contribution in [3.63, 3.8) is 0 Å². The van der Waals surface area contributed by atoms with Crippen LogP contribution in [0.3, 0.4) is 0 Å². The zero-order valence-corrected chi connectivity index (χ0v) is 14.7. The molecular formula is C15H14Br2FNO2. The molecule has 0 bridgehead atoms. The number of rotatable bonds is 4. The van der Waals surface area contributed by atoms with Crippen LogP contribution in [0.1, 0.15) is 17.2 Å². The van der Waals surface area contributed by atoms with E-state index in [9.17, 15) is 4.39 Å². The number of hydrogen-bond acceptors (Lipinski definition) is 3. The van der Waals surface area contributed by atoms with Gasteiger partial charge in [0, 0.05) is 10.0 Å². The zero-order chi connectivity index (χ0) is 15.6. The number of benzene rings is 2. The molecule has 0 saturated carbocycles. The Balaban J connectivity index is 2.53. The van der Waals surface area contributed by atoms with Crippen LogP contribution in [-0.2, 0) is 0 Å². The first kappa shape index (κ1) is 16.3. The average molecular weight is 419 g/mol. The van der Waals surface area contributed by atoms with Gasteiger partial charge in [0.05, 0.1) is 24.7 Å². The molecule has 112 valence electrons. The van der Waals surface area contributed by atoms with Crippen molar-refractivity contribution in [3.05, 3.63) is 56.2 Å². The minimum Gasteiger partial charge on any atom is -0.496 e. The van der Waals surface area contributed by atoms with E-state index in [1.165, 1.54) is 12.1 Å². The Morgan fingerprint density at radius 3 is 2.19 bits per heavy atom. The lowest BCUT2D eigenvalue weighted by Crippen LogP contribution is -2.14. The average Bonchev–Trinajstić information content (AvgIpc) is 2.46. The van der Waals surface area contributed by atoms with Gasteiger partial charge in [-0.25, -0.2) is 4.39 Å². The summed E-state index contributed by atoms with van der Waals surface area (Å²) in [5.41, 5.74) is 7.83. The van der Waals surface area contributed by atoms with Crippen molar-refractivity contribution in [2.75, 3.05) is 14.2 Å². The summed E-state index contributed by atoms with van der Waals surface area (Å²) in [7, 11) is 3.15. The summed E-state index contributed by atoms with van der Waals surface area (Å²) in [4.78, 5) is 0. The fourth-order valence-corrected chi connectivity index (χ4v) is 3.13. The van der Waals surface area contributed by atoms with Crippen LogP contribution in [0.15, 0.2) is 39.3 Å². The van der Waals surface area contributed by atoms with Gasteiger partial charge in [-0.2, -0.15) is 0 Å². The minimum absolute atomic E-state index is 0.321. The monoisotopic (exact) mass is 417 g/mol. The molecule has 0 spiro atoms. The smallest absolute Gasteiger partial charge is 0.133 e. The van der Waals surface area contributed by atoms with Crippen molar-refractivity contribution in [3.8, 4) is 11.5 Å². The normalized spacial score (nSPS) is 12.1. The van der Waals surface area contributed by atoms with Gasteiger partial charge >= 0.3 is 0 Å². The lowest BCUT2D eigenvalue weighted by Gasteiger charge is -2.19. The van der Waals surface area contributed by atoms with E-state index in [0.29, 0.717) is 16.0 Å². The third kappa shape index (κ3) is 3.39. The standard InChI is InChI=1S/C15H14Br2FNO2/c1-20-13-7-12(17)14(21-2)6-10(13)15(19)9-4-3-8(18)5-11(9)16/h3-7,15H,19H2,1-2H3. The van der Waals surface area contributed by atoms with Gasteiger partial charge in [-0.1, -0.05) is 22.0 Å². The predicted octanol–water partition coefficient (Wildman–Crippen LogP) is 4.42. The molecule has 0 fully saturated rings. The summed E-state index contributed by atoms with van der Waals surface area (Å²) in [6.45, 7) is 0. The largest absolute Gasteiger partial charge is 0.496 e. The summed E-state index contributed by atoms with van der Waals surface area (Å²) in [5, 5.41) is 0. The molecule has 3 nitrogen and oxygen atoms in total. The van der Waals surface area contributed by atoms with Crippen LogP contribution >= 0.6 is 31.9 Å². The molecule has 0 aliphatic carbocycles. The molecule has 0 saturated heterocycles. The maximum Gasteiger partial charge on any atom is 0.133 e. The minimum atomic E-state index is -0.475. The number of ether oxygens (including phenoxy) is 2. The molecule has 1 unspecified atom stereocenters. The van der Waals surface area contributed by atoms with E-state index >= 15 is 0 Å². The predicted molar refractivity (Wildman–Crippen MR) is 87.4 cm³/mol. The highest BCUT2D eigenvalue weighted by molar-refractivity contribution is 9.10. The van der Waals surface area contributed by atoms with E-state index in [1.54, 1.807) is 26.4 Å². The Kier molecular flexibility index (Phi) is 5.24. The SMILES string of the molecule is COc1cc(C(N)c2ccc(F)cc2Br)c(OC)cc1Br. The maximum atomic E-state index is 13.2. The van der Waals surface area contributed by atoms with E-state index in [-0.39, 0.29) is 5.82 Å². The van der Waals surface area contributed by atoms with E-state index < -0.39 is 6.04 Å². The fraction of sp³-hybridized carbons (Fsp3) is 0.200. The molecule has 1 atom stereocenters. The lowest BCUT2D eigenvalue weighted by atomic mass is 9.98. The van der Waals surface area contributed by atoms with Crippen molar-refractivity contribution in [1.82, 2.24) is 0 Å². The Hall–Kier alpha value is -1.11. The van der Waals surface area contributed by atoms with E-state index in [0.717, 1.165) is 15.6 Å². The van der Waals surface area contributed by atoms with Gasteiger partial charge < -0.3 is 15.2 Å². The fourth-order valence-electron chi connectivity index (χ4n) is 2.05. The van der Waals surface area contributed by atoms with Gasteiger partial charge in [-0.3, -0.25) is 0 Å². The van der Waals surface area contributed by atoms with Gasteiger partial charge in [0.25, 0.3) is 0 Å². The highest BCUT2D eigenvalue weighted by atomic mass is 79.9.